The van der Waals surface area contributed by atoms with Gasteiger partial charge in [0.05, 0.1) is 17.6 Å². The van der Waals surface area contributed by atoms with E-state index in [0.717, 1.165) is 42.7 Å². The minimum atomic E-state index is -0.185. The van der Waals surface area contributed by atoms with Crippen LogP contribution in [0.25, 0.3) is 10.9 Å². The fourth-order valence-corrected chi connectivity index (χ4v) is 5.03. The maximum atomic E-state index is 13.0. The molecule has 3 aromatic rings. The molecular weight excluding hydrogens is 410 g/mol. The third-order valence-electron chi connectivity index (χ3n) is 6.15. The molecule has 1 N–H and O–H groups in total. The molecule has 1 atom stereocenters. The predicted octanol–water partition coefficient (Wildman–Crippen LogP) is 3.36. The smallest absolute Gasteiger partial charge is 0.258 e. The van der Waals surface area contributed by atoms with E-state index in [2.05, 4.69) is 15.2 Å². The fraction of sp³-hybridized carbons (Fsp3) is 0.391. The number of nitrogens with one attached hydrogen (secondary N) is 1. The number of likely N-dealkylation sites (tertiary alicyclic amines) is 2. The van der Waals surface area contributed by atoms with Crippen LogP contribution in [0.4, 0.5) is 5.13 Å². The molecule has 0 unspecified atom stereocenters. The van der Waals surface area contributed by atoms with E-state index in [1.165, 1.54) is 24.2 Å². The molecule has 0 spiro atoms. The van der Waals surface area contributed by atoms with E-state index in [-0.39, 0.29) is 17.7 Å². The lowest BCUT2D eigenvalue weighted by Crippen LogP contribution is -2.38. The molecule has 4 heterocycles. The highest BCUT2D eigenvalue weighted by Gasteiger charge is 2.30. The van der Waals surface area contributed by atoms with Crippen LogP contribution in [0.2, 0.25) is 0 Å². The van der Waals surface area contributed by atoms with Gasteiger partial charge in [-0.25, -0.2) is 4.98 Å². The van der Waals surface area contributed by atoms with Crippen LogP contribution < -0.4 is 5.32 Å². The van der Waals surface area contributed by atoms with Gasteiger partial charge < -0.3 is 4.90 Å². The van der Waals surface area contributed by atoms with Crippen LogP contribution >= 0.6 is 11.3 Å². The van der Waals surface area contributed by atoms with E-state index in [1.807, 2.05) is 40.6 Å². The van der Waals surface area contributed by atoms with Crippen LogP contribution in [0.1, 0.15) is 41.2 Å². The first-order valence-corrected chi connectivity index (χ1v) is 11.7. The first kappa shape index (κ1) is 20.1. The van der Waals surface area contributed by atoms with E-state index in [1.54, 1.807) is 6.20 Å². The van der Waals surface area contributed by atoms with Gasteiger partial charge in [-0.15, -0.1) is 11.3 Å². The van der Waals surface area contributed by atoms with Gasteiger partial charge in [0.25, 0.3) is 5.91 Å². The van der Waals surface area contributed by atoms with Gasteiger partial charge in [0.1, 0.15) is 0 Å². The number of carbonyl (C=O) groups is 2. The normalized spacial score (nSPS) is 19.2. The Balaban J connectivity index is 1.37. The number of amides is 2. The van der Waals surface area contributed by atoms with Crippen molar-refractivity contribution in [1.82, 2.24) is 19.8 Å². The first-order valence-electron chi connectivity index (χ1n) is 10.8. The van der Waals surface area contributed by atoms with Gasteiger partial charge in [0.2, 0.25) is 5.91 Å². The number of nitrogens with zero attached hydrogens (tertiary/aromatic N) is 4. The van der Waals surface area contributed by atoms with E-state index in [0.29, 0.717) is 23.8 Å². The molecule has 7 nitrogen and oxygen atoms in total. The van der Waals surface area contributed by atoms with Crippen LogP contribution in [0.5, 0.6) is 0 Å². The number of aromatic nitrogens is 2. The number of thiazole rings is 1. The van der Waals surface area contributed by atoms with Gasteiger partial charge in [-0.1, -0.05) is 18.2 Å². The van der Waals surface area contributed by atoms with Crippen LogP contribution in [-0.2, 0) is 4.79 Å². The maximum absolute atomic E-state index is 13.0. The van der Waals surface area contributed by atoms with Crippen LogP contribution in [-0.4, -0.2) is 64.3 Å². The van der Waals surface area contributed by atoms with Crippen molar-refractivity contribution in [2.75, 3.05) is 38.0 Å². The molecule has 2 aliphatic heterocycles. The van der Waals surface area contributed by atoms with Crippen molar-refractivity contribution in [3.63, 3.8) is 0 Å². The highest BCUT2D eigenvalue weighted by molar-refractivity contribution is 7.13. The van der Waals surface area contributed by atoms with Gasteiger partial charge >= 0.3 is 0 Å². The summed E-state index contributed by atoms with van der Waals surface area (Å²) in [5.74, 6) is 0.153. The van der Waals surface area contributed by atoms with Gasteiger partial charge in [-0.3, -0.25) is 24.8 Å². The number of rotatable bonds is 5. The fourth-order valence-electron chi connectivity index (χ4n) is 4.50. The number of para-hydroxylation sites is 1. The van der Waals surface area contributed by atoms with Gasteiger partial charge in [0.15, 0.2) is 5.13 Å². The molecule has 1 aromatic carbocycles. The molecule has 2 saturated heterocycles. The number of hydrogen-bond acceptors (Lipinski definition) is 6. The van der Waals surface area contributed by atoms with Crippen molar-refractivity contribution in [1.29, 1.82) is 0 Å². The Morgan fingerprint density at radius 3 is 2.81 bits per heavy atom. The quantitative estimate of drug-likeness (QED) is 0.665. The van der Waals surface area contributed by atoms with E-state index >= 15 is 0 Å². The third kappa shape index (κ3) is 4.31. The van der Waals surface area contributed by atoms with Crippen molar-refractivity contribution in [3.05, 3.63) is 53.2 Å². The third-order valence-corrected chi connectivity index (χ3v) is 6.84. The Hall–Kier alpha value is -2.84. The van der Waals surface area contributed by atoms with Crippen LogP contribution in [0, 0.1) is 0 Å². The molecule has 0 bridgehead atoms. The molecule has 31 heavy (non-hydrogen) atoms. The molecule has 5 rings (SSSR count). The molecule has 0 radical (unpaired) electrons. The van der Waals surface area contributed by atoms with Crippen molar-refractivity contribution < 1.29 is 9.59 Å². The van der Waals surface area contributed by atoms with Crippen molar-refractivity contribution in [2.45, 2.75) is 25.2 Å². The Morgan fingerprint density at radius 2 is 2.00 bits per heavy atom. The van der Waals surface area contributed by atoms with Crippen molar-refractivity contribution in [2.24, 2.45) is 0 Å². The lowest BCUT2D eigenvalue weighted by Gasteiger charge is -2.21. The number of pyridine rings is 1. The topological polar surface area (TPSA) is 78.4 Å². The average molecular weight is 436 g/mol. The summed E-state index contributed by atoms with van der Waals surface area (Å²) in [6.07, 6.45) is 4.90. The number of benzene rings is 1. The number of carbonyl (C=O) groups excluding carboxylic acids is 2. The minimum absolute atomic E-state index is 0.138. The van der Waals surface area contributed by atoms with E-state index in [4.69, 9.17) is 4.98 Å². The molecule has 160 valence electrons. The summed E-state index contributed by atoms with van der Waals surface area (Å²) in [6.45, 7) is 3.96. The Morgan fingerprint density at radius 1 is 1.16 bits per heavy atom. The summed E-state index contributed by atoms with van der Waals surface area (Å²) >= 11 is 1.39. The maximum Gasteiger partial charge on any atom is 0.258 e. The molecule has 2 fully saturated rings. The predicted molar refractivity (Wildman–Crippen MR) is 121 cm³/mol. The molecule has 0 saturated carbocycles. The lowest BCUT2D eigenvalue weighted by molar-refractivity contribution is -0.131. The molecule has 2 amide bonds. The molecule has 2 aromatic heterocycles. The standard InChI is InChI=1S/C23H25N5O2S/c29-21(15-27-9-3-4-10-27)28-11-7-16(14-28)20-13-18(17-5-1-2-6-19(17)25-20)22(30)26-23-24-8-12-31-23/h1-2,5-6,8,12-13,16H,3-4,7,9-11,14-15H2,(H,24,26,30)/t16-/m0/s1. The summed E-state index contributed by atoms with van der Waals surface area (Å²) in [4.78, 5) is 39.0. The molecular formula is C23H25N5O2S. The number of anilines is 1. The van der Waals surface area contributed by atoms with E-state index in [9.17, 15) is 9.59 Å². The van der Waals surface area contributed by atoms with Crippen molar-refractivity contribution >= 4 is 39.2 Å². The monoisotopic (exact) mass is 435 g/mol. The van der Waals surface area contributed by atoms with E-state index < -0.39 is 0 Å². The number of fused-ring (bicyclic) bond motifs is 1. The first-order chi connectivity index (χ1) is 15.2. The SMILES string of the molecule is O=C(Nc1nccs1)c1cc([C@H]2CCN(C(=O)CN3CCCC3)C2)nc2ccccc12. The zero-order valence-corrected chi connectivity index (χ0v) is 18.1. The Kier molecular flexibility index (Phi) is 5.65. The van der Waals surface area contributed by atoms with Crippen LogP contribution in [0.15, 0.2) is 41.9 Å². The molecule has 8 heteroatoms. The average Bonchev–Trinajstić information content (AvgIpc) is 3.55. The molecule has 2 aliphatic rings. The highest BCUT2D eigenvalue weighted by Crippen LogP contribution is 2.30. The van der Waals surface area contributed by atoms with Crippen LogP contribution in [0.3, 0.4) is 0 Å². The number of hydrogen-bond donors (Lipinski definition) is 1. The largest absolute Gasteiger partial charge is 0.341 e. The molecule has 0 aliphatic carbocycles. The van der Waals surface area contributed by atoms with Gasteiger partial charge in [-0.2, -0.15) is 0 Å². The zero-order chi connectivity index (χ0) is 21.2. The summed E-state index contributed by atoms with van der Waals surface area (Å²) in [5.41, 5.74) is 2.27. The second kappa shape index (κ2) is 8.72. The zero-order valence-electron chi connectivity index (χ0n) is 17.3. The second-order valence-electron chi connectivity index (χ2n) is 8.21. The minimum Gasteiger partial charge on any atom is -0.341 e. The lowest BCUT2D eigenvalue weighted by atomic mass is 9.99. The summed E-state index contributed by atoms with van der Waals surface area (Å²) < 4.78 is 0. The second-order valence-corrected chi connectivity index (χ2v) is 9.11. The summed E-state index contributed by atoms with van der Waals surface area (Å²) in [7, 11) is 0. The Labute approximate surface area is 185 Å². The van der Waals surface area contributed by atoms with Crippen molar-refractivity contribution in [3.8, 4) is 0 Å². The van der Waals surface area contributed by atoms with Gasteiger partial charge in [-0.05, 0) is 44.5 Å². The Bertz CT molecular complexity index is 1090. The summed E-state index contributed by atoms with van der Waals surface area (Å²) in [5, 5.41) is 6.11. The highest BCUT2D eigenvalue weighted by atomic mass is 32.1. The summed E-state index contributed by atoms with van der Waals surface area (Å²) in [6, 6.07) is 9.60. The van der Waals surface area contributed by atoms with Gasteiger partial charge in [0, 0.05) is 41.7 Å².